The molecule has 1 aliphatic rings. The van der Waals surface area contributed by atoms with Crippen LogP contribution in [0.2, 0.25) is 0 Å². The molecule has 0 fully saturated rings. The molecule has 1 aromatic heterocycles. The van der Waals surface area contributed by atoms with Gasteiger partial charge in [0, 0.05) is 24.7 Å². The molecule has 27 heavy (non-hydrogen) atoms. The van der Waals surface area contributed by atoms with E-state index in [0.717, 1.165) is 21.8 Å². The Morgan fingerprint density at radius 1 is 1.00 bits per heavy atom. The van der Waals surface area contributed by atoms with Crippen molar-refractivity contribution in [3.05, 3.63) is 78.2 Å². The second kappa shape index (κ2) is 6.66. The first-order chi connectivity index (χ1) is 12.9. The summed E-state index contributed by atoms with van der Waals surface area (Å²) in [5, 5.41) is 0. The first kappa shape index (κ1) is 17.5. The number of amides is 1. The number of carbonyl (C=O) groups is 1. The molecule has 6 nitrogen and oxygen atoms in total. The third-order valence-corrected chi connectivity index (χ3v) is 5.77. The highest BCUT2D eigenvalue weighted by Gasteiger charge is 2.38. The molecule has 0 bridgehead atoms. The topological polar surface area (TPSA) is 72.3 Å². The average Bonchev–Trinajstić information content (AvgIpc) is 3.02. The molecule has 3 aromatic rings. The summed E-state index contributed by atoms with van der Waals surface area (Å²) in [5.41, 5.74) is 2.42. The van der Waals surface area contributed by atoms with Crippen LogP contribution >= 0.6 is 0 Å². The minimum atomic E-state index is -3.76. The van der Waals surface area contributed by atoms with E-state index in [1.165, 1.54) is 0 Å². The number of imidazole rings is 1. The maximum Gasteiger partial charge on any atom is 0.238 e. The molecule has 2 aromatic carbocycles. The van der Waals surface area contributed by atoms with Gasteiger partial charge in [0.25, 0.3) is 0 Å². The number of hydrogen-bond acceptors (Lipinski definition) is 4. The molecule has 0 radical (unpaired) electrons. The maximum absolute atomic E-state index is 12.7. The van der Waals surface area contributed by atoms with Crippen LogP contribution in [0.25, 0.3) is 11.3 Å². The quantitative estimate of drug-likeness (QED) is 0.699. The number of aryl methyl sites for hydroxylation is 1. The van der Waals surface area contributed by atoms with Gasteiger partial charge in [-0.05, 0) is 5.56 Å². The van der Waals surface area contributed by atoms with Crippen LogP contribution in [-0.2, 0) is 21.4 Å². The van der Waals surface area contributed by atoms with Gasteiger partial charge in [0.15, 0.2) is 0 Å². The molecule has 0 unspecified atom stereocenters. The van der Waals surface area contributed by atoms with Gasteiger partial charge in [-0.2, -0.15) is 0 Å². The fourth-order valence-corrected chi connectivity index (χ4v) is 4.51. The van der Waals surface area contributed by atoms with Crippen molar-refractivity contribution in [2.24, 2.45) is 0 Å². The third kappa shape index (κ3) is 3.26. The molecular formula is C20H19N3O3S. The molecule has 0 saturated carbocycles. The molecule has 1 atom stereocenters. The van der Waals surface area contributed by atoms with E-state index >= 15 is 0 Å². The van der Waals surface area contributed by atoms with Gasteiger partial charge in [-0.1, -0.05) is 60.7 Å². The van der Waals surface area contributed by atoms with E-state index in [9.17, 15) is 13.2 Å². The van der Waals surface area contributed by atoms with Crippen LogP contribution in [0.1, 0.15) is 23.9 Å². The molecular weight excluding hydrogens is 362 g/mol. The van der Waals surface area contributed by atoms with Crippen molar-refractivity contribution < 1.29 is 13.2 Å². The second-order valence-electron chi connectivity index (χ2n) is 6.56. The molecule has 7 heteroatoms. The Balaban J connectivity index is 1.93. The number of hydrogen-bond donors (Lipinski definition) is 0. The van der Waals surface area contributed by atoms with Crippen molar-refractivity contribution in [2.75, 3.05) is 6.26 Å². The number of rotatable bonds is 3. The highest BCUT2D eigenvalue weighted by molar-refractivity contribution is 7.88. The number of fused-ring (bicyclic) bond motifs is 1. The van der Waals surface area contributed by atoms with Crippen molar-refractivity contribution in [2.45, 2.75) is 19.0 Å². The Labute approximate surface area is 158 Å². The van der Waals surface area contributed by atoms with E-state index < -0.39 is 22.0 Å². The van der Waals surface area contributed by atoms with Gasteiger partial charge in [0.2, 0.25) is 15.9 Å². The predicted molar refractivity (Wildman–Crippen MR) is 102 cm³/mol. The zero-order valence-electron chi connectivity index (χ0n) is 14.8. The number of nitrogens with zero attached hydrogens (tertiary/aromatic N) is 3. The first-order valence-electron chi connectivity index (χ1n) is 8.65. The smallest absolute Gasteiger partial charge is 0.238 e. The number of benzene rings is 2. The summed E-state index contributed by atoms with van der Waals surface area (Å²) >= 11 is 0. The van der Waals surface area contributed by atoms with Crippen molar-refractivity contribution in [1.29, 1.82) is 0 Å². The molecule has 138 valence electrons. The summed E-state index contributed by atoms with van der Waals surface area (Å²) in [6.45, 7) is 0.392. The Bertz CT molecular complexity index is 1080. The van der Waals surface area contributed by atoms with Gasteiger partial charge < -0.3 is 4.57 Å². The van der Waals surface area contributed by atoms with Gasteiger partial charge in [-0.3, -0.25) is 4.79 Å². The van der Waals surface area contributed by atoms with E-state index in [1.807, 2.05) is 71.4 Å². The average molecular weight is 381 g/mol. The van der Waals surface area contributed by atoms with Crippen molar-refractivity contribution in [3.63, 3.8) is 0 Å². The summed E-state index contributed by atoms with van der Waals surface area (Å²) in [6.07, 6.45) is 3.06. The van der Waals surface area contributed by atoms with Gasteiger partial charge in [0.1, 0.15) is 11.9 Å². The Morgan fingerprint density at radius 2 is 1.63 bits per heavy atom. The predicted octanol–water partition coefficient (Wildman–Crippen LogP) is 2.83. The highest BCUT2D eigenvalue weighted by atomic mass is 32.2. The molecule has 2 heterocycles. The van der Waals surface area contributed by atoms with E-state index in [4.69, 9.17) is 4.98 Å². The fourth-order valence-electron chi connectivity index (χ4n) is 3.45. The summed E-state index contributed by atoms with van der Waals surface area (Å²) < 4.78 is 27.8. The summed E-state index contributed by atoms with van der Waals surface area (Å²) in [5.74, 6) is 0.134. The zero-order chi connectivity index (χ0) is 19.0. The summed E-state index contributed by atoms with van der Waals surface area (Å²) in [6, 6.07) is 18.1. The van der Waals surface area contributed by atoms with Crippen LogP contribution in [0.3, 0.4) is 0 Å². The van der Waals surface area contributed by atoms with Crippen LogP contribution < -0.4 is 0 Å². The van der Waals surface area contributed by atoms with Crippen molar-refractivity contribution in [3.8, 4) is 11.3 Å². The Kier molecular flexibility index (Phi) is 4.31. The standard InChI is InChI=1S/C20H19N3O3S/c1-27(25,26)23-18(24)12-13-22-14-17(15-8-4-2-5-9-15)21-20(22)19(23)16-10-6-3-7-11-16/h2-11,14,19H,12-13H2,1H3/t19-/m0/s1. The van der Waals surface area contributed by atoms with Gasteiger partial charge in [0.05, 0.1) is 11.9 Å². The molecule has 0 aliphatic carbocycles. The maximum atomic E-state index is 12.7. The monoisotopic (exact) mass is 381 g/mol. The second-order valence-corrected chi connectivity index (χ2v) is 8.42. The van der Waals surface area contributed by atoms with E-state index in [2.05, 4.69) is 0 Å². The first-order valence-corrected chi connectivity index (χ1v) is 10.5. The summed E-state index contributed by atoms with van der Waals surface area (Å²) in [7, 11) is -3.76. The van der Waals surface area contributed by atoms with Crippen LogP contribution in [-0.4, -0.2) is 34.4 Å². The fraction of sp³-hybridized carbons (Fsp3) is 0.200. The normalized spacial score (nSPS) is 17.4. The number of sulfonamides is 1. The van der Waals surface area contributed by atoms with Crippen LogP contribution in [0, 0.1) is 0 Å². The molecule has 1 aliphatic heterocycles. The van der Waals surface area contributed by atoms with Crippen molar-refractivity contribution in [1.82, 2.24) is 13.9 Å². The Hall–Kier alpha value is -2.93. The summed E-state index contributed by atoms with van der Waals surface area (Å²) in [4.78, 5) is 17.4. The van der Waals surface area contributed by atoms with Crippen LogP contribution in [0.15, 0.2) is 66.9 Å². The lowest BCUT2D eigenvalue weighted by atomic mass is 10.1. The van der Waals surface area contributed by atoms with Gasteiger partial charge in [-0.25, -0.2) is 17.7 Å². The van der Waals surface area contributed by atoms with E-state index in [0.29, 0.717) is 17.9 Å². The number of aromatic nitrogens is 2. The zero-order valence-corrected chi connectivity index (χ0v) is 15.6. The molecule has 4 rings (SSSR count). The SMILES string of the molecule is CS(=O)(=O)N1C(=O)CCn2cc(-c3ccccc3)nc2[C@@H]1c1ccccc1. The lowest BCUT2D eigenvalue weighted by molar-refractivity contribution is -0.127. The molecule has 0 N–H and O–H groups in total. The van der Waals surface area contributed by atoms with E-state index in [1.54, 1.807) is 0 Å². The number of carbonyl (C=O) groups excluding carboxylic acids is 1. The molecule has 0 saturated heterocycles. The van der Waals surface area contributed by atoms with Crippen LogP contribution in [0.4, 0.5) is 0 Å². The lowest BCUT2D eigenvalue weighted by Crippen LogP contribution is -2.39. The minimum Gasteiger partial charge on any atom is -0.332 e. The lowest BCUT2D eigenvalue weighted by Gasteiger charge is -2.27. The largest absolute Gasteiger partial charge is 0.332 e. The van der Waals surface area contributed by atoms with Gasteiger partial charge in [-0.15, -0.1) is 0 Å². The minimum absolute atomic E-state index is 0.105. The van der Waals surface area contributed by atoms with Crippen LogP contribution in [0.5, 0.6) is 0 Å². The van der Waals surface area contributed by atoms with Crippen molar-refractivity contribution >= 4 is 15.9 Å². The molecule has 0 spiro atoms. The van der Waals surface area contributed by atoms with E-state index in [-0.39, 0.29) is 6.42 Å². The van der Waals surface area contributed by atoms with Gasteiger partial charge >= 0.3 is 0 Å². The third-order valence-electron chi connectivity index (χ3n) is 4.64. The Morgan fingerprint density at radius 3 is 2.26 bits per heavy atom. The molecule has 1 amide bonds. The highest BCUT2D eigenvalue weighted by Crippen LogP contribution is 2.34.